The van der Waals surface area contributed by atoms with E-state index in [-0.39, 0.29) is 0 Å². The minimum atomic E-state index is -1.23. The first-order valence-corrected chi connectivity index (χ1v) is 6.97. The number of pyridine rings is 1. The number of aliphatic carboxylic acids is 1. The Labute approximate surface area is 123 Å². The van der Waals surface area contributed by atoms with Crippen molar-refractivity contribution in [2.45, 2.75) is 19.9 Å². The fourth-order valence-electron chi connectivity index (χ4n) is 2.04. The van der Waals surface area contributed by atoms with Gasteiger partial charge >= 0.3 is 5.97 Å². The van der Waals surface area contributed by atoms with Gasteiger partial charge in [0.05, 0.1) is 10.2 Å². The molecule has 0 fully saturated rings. The van der Waals surface area contributed by atoms with Gasteiger partial charge in [0.1, 0.15) is 11.6 Å². The summed E-state index contributed by atoms with van der Waals surface area (Å²) in [7, 11) is 1.50. The summed E-state index contributed by atoms with van der Waals surface area (Å²) in [6.07, 6.45) is 0. The highest BCUT2D eigenvalue weighted by molar-refractivity contribution is 7.17. The average Bonchev–Trinajstić information content (AvgIpc) is 2.78. The first kappa shape index (κ1) is 15.0. The Hall–Kier alpha value is -2.35. The van der Waals surface area contributed by atoms with Crippen molar-refractivity contribution in [3.8, 4) is 5.75 Å². The molecule has 21 heavy (non-hydrogen) atoms. The number of carbonyl (C=O) groups is 2. The van der Waals surface area contributed by atoms with Crippen molar-refractivity contribution in [2.24, 2.45) is 7.05 Å². The number of aryl methyl sites for hydroxylation is 2. The zero-order valence-electron chi connectivity index (χ0n) is 11.6. The third-order valence-corrected chi connectivity index (χ3v) is 4.29. The third kappa shape index (κ3) is 2.38. The number of amides is 1. The molecular formula is C13H14N2O5S. The lowest BCUT2D eigenvalue weighted by Crippen LogP contribution is -2.41. The summed E-state index contributed by atoms with van der Waals surface area (Å²) in [4.78, 5) is 35.1. The van der Waals surface area contributed by atoms with E-state index in [2.05, 4.69) is 5.32 Å². The number of hydrogen-bond donors (Lipinski definition) is 3. The van der Waals surface area contributed by atoms with Crippen molar-refractivity contribution in [2.75, 3.05) is 0 Å². The van der Waals surface area contributed by atoms with Crippen LogP contribution in [0.15, 0.2) is 10.2 Å². The quantitative estimate of drug-likeness (QED) is 0.777. The molecule has 0 aliphatic carbocycles. The number of aromatic nitrogens is 1. The minimum absolute atomic E-state index is 0.415. The van der Waals surface area contributed by atoms with Crippen molar-refractivity contribution >= 4 is 33.4 Å². The van der Waals surface area contributed by atoms with Crippen LogP contribution >= 0.6 is 11.3 Å². The number of rotatable bonds is 3. The maximum atomic E-state index is 12.2. The van der Waals surface area contributed by atoms with Gasteiger partial charge in [-0.3, -0.25) is 14.4 Å². The highest BCUT2D eigenvalue weighted by atomic mass is 32.1. The first-order chi connectivity index (χ1) is 9.75. The van der Waals surface area contributed by atoms with Crippen LogP contribution in [0.3, 0.4) is 0 Å². The smallest absolute Gasteiger partial charge is 0.325 e. The van der Waals surface area contributed by atoms with E-state index in [9.17, 15) is 19.5 Å². The van der Waals surface area contributed by atoms with E-state index in [1.54, 1.807) is 12.3 Å². The molecule has 1 amide bonds. The number of nitrogens with zero attached hydrogens (tertiary/aromatic N) is 1. The van der Waals surface area contributed by atoms with Crippen molar-refractivity contribution in [1.82, 2.24) is 9.88 Å². The highest BCUT2D eigenvalue weighted by Gasteiger charge is 2.25. The number of aromatic hydroxyl groups is 1. The molecule has 8 heteroatoms. The predicted octanol–water partition coefficient (Wildman–Crippen LogP) is 0.817. The van der Waals surface area contributed by atoms with Gasteiger partial charge in [-0.05, 0) is 24.8 Å². The molecule has 7 nitrogen and oxygen atoms in total. The Kier molecular flexibility index (Phi) is 3.73. The van der Waals surface area contributed by atoms with Gasteiger partial charge in [-0.2, -0.15) is 0 Å². The molecular weight excluding hydrogens is 296 g/mol. The predicted molar refractivity (Wildman–Crippen MR) is 78.0 cm³/mol. The first-order valence-electron chi connectivity index (χ1n) is 6.09. The maximum Gasteiger partial charge on any atom is 0.325 e. The van der Waals surface area contributed by atoms with Crippen LogP contribution in [0, 0.1) is 6.92 Å². The second kappa shape index (κ2) is 5.21. The average molecular weight is 310 g/mol. The van der Waals surface area contributed by atoms with Crippen molar-refractivity contribution in [3.63, 3.8) is 0 Å². The Morgan fingerprint density at radius 1 is 1.43 bits per heavy atom. The van der Waals surface area contributed by atoms with Crippen LogP contribution in [0.25, 0.3) is 10.2 Å². The van der Waals surface area contributed by atoms with E-state index in [1.807, 2.05) is 0 Å². The fraction of sp³-hybridized carbons (Fsp3) is 0.308. The third-order valence-electron chi connectivity index (χ3n) is 3.19. The highest BCUT2D eigenvalue weighted by Crippen LogP contribution is 2.33. The van der Waals surface area contributed by atoms with Crippen molar-refractivity contribution < 1.29 is 19.8 Å². The molecule has 0 spiro atoms. The zero-order chi connectivity index (χ0) is 15.9. The molecule has 0 aromatic carbocycles. The number of carbonyl (C=O) groups excluding carboxylic acids is 1. The number of fused-ring (bicyclic) bond motifs is 1. The van der Waals surface area contributed by atoms with Crippen LogP contribution in [0.5, 0.6) is 5.75 Å². The number of nitrogens with one attached hydrogen (secondary N) is 1. The molecule has 1 atom stereocenters. The summed E-state index contributed by atoms with van der Waals surface area (Å²) < 4.78 is 1.70. The lowest BCUT2D eigenvalue weighted by molar-refractivity contribution is -0.138. The number of carboxylic acid groups (broad SMARTS) is 1. The van der Waals surface area contributed by atoms with E-state index in [1.165, 1.54) is 29.9 Å². The number of thiophene rings is 1. The van der Waals surface area contributed by atoms with Crippen LogP contribution in [0.4, 0.5) is 0 Å². The number of hydrogen-bond acceptors (Lipinski definition) is 5. The van der Waals surface area contributed by atoms with Gasteiger partial charge in [0, 0.05) is 7.05 Å². The van der Waals surface area contributed by atoms with Gasteiger partial charge in [0.2, 0.25) is 0 Å². The molecule has 0 saturated carbocycles. The Bertz CT molecular complexity index is 805. The Balaban J connectivity index is 2.62. The molecule has 2 aromatic rings. The van der Waals surface area contributed by atoms with E-state index in [0.717, 1.165) is 5.56 Å². The van der Waals surface area contributed by atoms with Crippen molar-refractivity contribution in [1.29, 1.82) is 0 Å². The van der Waals surface area contributed by atoms with Gasteiger partial charge < -0.3 is 20.1 Å². The molecule has 0 bridgehead atoms. The SMILES string of the molecule is Cc1csc2c(O)c(C(=O)N[C@@H](C)C(=O)O)c(=O)n(C)c12. The lowest BCUT2D eigenvalue weighted by atomic mass is 10.1. The standard InChI is InChI=1S/C13H14N2O5S/c1-5-4-21-10-8(5)15(3)12(18)7(9(10)16)11(17)14-6(2)13(19)20/h4,6,16H,1-3H3,(H,14,17)(H,19,20)/t6-/m0/s1. The summed E-state index contributed by atoms with van der Waals surface area (Å²) in [5.74, 6) is -2.55. The molecule has 0 unspecified atom stereocenters. The van der Waals surface area contributed by atoms with Crippen LogP contribution in [-0.2, 0) is 11.8 Å². The van der Waals surface area contributed by atoms with Gasteiger partial charge in [-0.1, -0.05) is 0 Å². The van der Waals surface area contributed by atoms with Crippen LogP contribution in [0.2, 0.25) is 0 Å². The largest absolute Gasteiger partial charge is 0.505 e. The summed E-state index contributed by atoms with van der Waals surface area (Å²) in [5.41, 5.74) is 0.262. The molecule has 0 aliphatic heterocycles. The van der Waals surface area contributed by atoms with Crippen molar-refractivity contribution in [3.05, 3.63) is 26.9 Å². The lowest BCUT2D eigenvalue weighted by Gasteiger charge is -2.12. The molecule has 112 valence electrons. The summed E-state index contributed by atoms with van der Waals surface area (Å²) in [6, 6.07) is -1.16. The maximum absolute atomic E-state index is 12.2. The molecule has 2 rings (SSSR count). The van der Waals surface area contributed by atoms with Gasteiger partial charge in [0.25, 0.3) is 11.5 Å². The van der Waals surface area contributed by atoms with Crippen LogP contribution in [-0.4, -0.2) is 32.7 Å². The number of carboxylic acids is 1. The van der Waals surface area contributed by atoms with Gasteiger partial charge in [0.15, 0.2) is 5.75 Å². The minimum Gasteiger partial charge on any atom is -0.505 e. The van der Waals surface area contributed by atoms with E-state index >= 15 is 0 Å². The summed E-state index contributed by atoms with van der Waals surface area (Å²) in [6.45, 7) is 3.07. The molecule has 0 radical (unpaired) electrons. The van der Waals surface area contributed by atoms with E-state index in [4.69, 9.17) is 5.11 Å². The van der Waals surface area contributed by atoms with Gasteiger partial charge in [-0.25, -0.2) is 0 Å². The fourth-order valence-corrected chi connectivity index (χ4v) is 3.07. The molecule has 0 aliphatic rings. The normalized spacial score (nSPS) is 12.3. The molecule has 0 saturated heterocycles. The Morgan fingerprint density at radius 2 is 2.05 bits per heavy atom. The van der Waals surface area contributed by atoms with Gasteiger partial charge in [-0.15, -0.1) is 11.3 Å². The zero-order valence-corrected chi connectivity index (χ0v) is 12.4. The second-order valence-electron chi connectivity index (χ2n) is 4.72. The molecule has 3 N–H and O–H groups in total. The topological polar surface area (TPSA) is 109 Å². The van der Waals surface area contributed by atoms with E-state index in [0.29, 0.717) is 10.2 Å². The monoisotopic (exact) mass is 310 g/mol. The van der Waals surface area contributed by atoms with E-state index < -0.39 is 34.8 Å². The van der Waals surface area contributed by atoms with Crippen LogP contribution < -0.4 is 10.9 Å². The van der Waals surface area contributed by atoms with Crippen LogP contribution in [0.1, 0.15) is 22.8 Å². The summed E-state index contributed by atoms with van der Waals surface area (Å²) >= 11 is 1.21. The second-order valence-corrected chi connectivity index (χ2v) is 5.60. The molecule has 2 aromatic heterocycles. The summed E-state index contributed by atoms with van der Waals surface area (Å²) in [5, 5.41) is 22.9. The molecule has 2 heterocycles. The Morgan fingerprint density at radius 3 is 2.62 bits per heavy atom.